The van der Waals surface area contributed by atoms with Crippen LogP contribution in [0.15, 0.2) is 35.5 Å². The van der Waals surface area contributed by atoms with E-state index in [1.807, 2.05) is 4.90 Å². The van der Waals surface area contributed by atoms with Crippen LogP contribution in [0.4, 0.5) is 11.6 Å². The average Bonchev–Trinajstić information content (AvgIpc) is 2.74. The zero-order chi connectivity index (χ0) is 18.6. The first kappa shape index (κ1) is 17.4. The molecule has 142 valence electrons. The molecule has 0 bridgehead atoms. The van der Waals surface area contributed by atoms with E-state index in [2.05, 4.69) is 30.0 Å². The van der Waals surface area contributed by atoms with E-state index in [0.717, 1.165) is 44.1 Å². The molecule has 2 aliphatic rings. The number of aromatic nitrogens is 4. The SMILES string of the molecule is O=C(C1CCCN(c2cn[nH]c(=O)c2)C1)N1CCN(c2ncccn2)CC1. The van der Waals surface area contributed by atoms with Crippen LogP contribution in [0, 0.1) is 5.92 Å². The number of hydrogen-bond donors (Lipinski definition) is 1. The van der Waals surface area contributed by atoms with Crippen molar-refractivity contribution in [2.75, 3.05) is 49.1 Å². The van der Waals surface area contributed by atoms with Crippen LogP contribution in [0.3, 0.4) is 0 Å². The highest BCUT2D eigenvalue weighted by molar-refractivity contribution is 5.80. The molecular formula is C18H23N7O2. The molecule has 2 aromatic rings. The molecule has 1 amide bonds. The Morgan fingerprint density at radius 1 is 1.07 bits per heavy atom. The Kier molecular flexibility index (Phi) is 4.99. The van der Waals surface area contributed by atoms with Crippen molar-refractivity contribution < 1.29 is 4.79 Å². The Morgan fingerprint density at radius 2 is 1.85 bits per heavy atom. The number of rotatable bonds is 3. The summed E-state index contributed by atoms with van der Waals surface area (Å²) in [5, 5.41) is 6.26. The summed E-state index contributed by atoms with van der Waals surface area (Å²) >= 11 is 0. The predicted octanol–water partition coefficient (Wildman–Crippen LogP) is 0.125. The molecule has 4 rings (SSSR count). The number of piperidine rings is 1. The molecule has 0 spiro atoms. The monoisotopic (exact) mass is 369 g/mol. The molecule has 2 aromatic heterocycles. The average molecular weight is 369 g/mol. The van der Waals surface area contributed by atoms with Crippen molar-refractivity contribution in [2.24, 2.45) is 5.92 Å². The number of piperazine rings is 1. The van der Waals surface area contributed by atoms with Gasteiger partial charge in [-0.3, -0.25) is 9.59 Å². The van der Waals surface area contributed by atoms with Crippen molar-refractivity contribution in [1.82, 2.24) is 25.1 Å². The fourth-order valence-electron chi connectivity index (χ4n) is 3.79. The third-order valence-corrected chi connectivity index (χ3v) is 5.21. The second-order valence-electron chi connectivity index (χ2n) is 6.95. The van der Waals surface area contributed by atoms with Gasteiger partial charge in [-0.25, -0.2) is 15.1 Å². The van der Waals surface area contributed by atoms with Gasteiger partial charge in [0.2, 0.25) is 11.9 Å². The molecule has 0 radical (unpaired) electrons. The highest BCUT2D eigenvalue weighted by atomic mass is 16.2. The van der Waals surface area contributed by atoms with E-state index < -0.39 is 0 Å². The molecule has 0 saturated carbocycles. The fraction of sp³-hybridized carbons (Fsp3) is 0.500. The van der Waals surface area contributed by atoms with Crippen LogP contribution >= 0.6 is 0 Å². The summed E-state index contributed by atoms with van der Waals surface area (Å²) in [4.78, 5) is 39.2. The van der Waals surface area contributed by atoms with Crippen molar-refractivity contribution in [1.29, 1.82) is 0 Å². The lowest BCUT2D eigenvalue weighted by molar-refractivity contribution is -0.136. The number of hydrogen-bond acceptors (Lipinski definition) is 7. The van der Waals surface area contributed by atoms with Crippen LogP contribution in [0.5, 0.6) is 0 Å². The Bertz CT molecular complexity index is 833. The molecule has 2 fully saturated rings. The number of amides is 1. The van der Waals surface area contributed by atoms with Crippen LogP contribution in [0.25, 0.3) is 0 Å². The standard InChI is InChI=1S/C18H23N7O2/c26-16-11-15(12-21-22-16)25-6-1-3-14(13-25)17(27)23-7-9-24(10-8-23)18-19-4-2-5-20-18/h2,4-5,11-12,14H,1,3,6-10,13H2,(H,22,26). The molecule has 27 heavy (non-hydrogen) atoms. The maximum Gasteiger partial charge on any atom is 0.266 e. The van der Waals surface area contributed by atoms with Gasteiger partial charge in [0.25, 0.3) is 5.56 Å². The minimum Gasteiger partial charge on any atom is -0.369 e. The Labute approximate surface area is 157 Å². The van der Waals surface area contributed by atoms with Gasteiger partial charge in [-0.2, -0.15) is 5.10 Å². The summed E-state index contributed by atoms with van der Waals surface area (Å²) in [7, 11) is 0. The van der Waals surface area contributed by atoms with Crippen LogP contribution in [-0.2, 0) is 4.79 Å². The zero-order valence-corrected chi connectivity index (χ0v) is 15.1. The molecule has 1 N–H and O–H groups in total. The number of nitrogens with one attached hydrogen (secondary N) is 1. The fourth-order valence-corrected chi connectivity index (χ4v) is 3.79. The highest BCUT2D eigenvalue weighted by Gasteiger charge is 2.31. The van der Waals surface area contributed by atoms with Crippen molar-refractivity contribution >= 4 is 17.5 Å². The van der Waals surface area contributed by atoms with Crippen molar-refractivity contribution in [3.8, 4) is 0 Å². The summed E-state index contributed by atoms with van der Waals surface area (Å²) in [5.41, 5.74) is 0.558. The van der Waals surface area contributed by atoms with Crippen molar-refractivity contribution in [3.63, 3.8) is 0 Å². The quantitative estimate of drug-likeness (QED) is 0.821. The second-order valence-corrected chi connectivity index (χ2v) is 6.95. The van der Waals surface area contributed by atoms with E-state index in [9.17, 15) is 9.59 Å². The normalized spacial score (nSPS) is 20.6. The highest BCUT2D eigenvalue weighted by Crippen LogP contribution is 2.24. The summed E-state index contributed by atoms with van der Waals surface area (Å²) < 4.78 is 0. The topological polar surface area (TPSA) is 98.3 Å². The number of nitrogens with zero attached hydrogens (tertiary/aromatic N) is 6. The van der Waals surface area contributed by atoms with Crippen LogP contribution in [0.2, 0.25) is 0 Å². The number of aromatic amines is 1. The third kappa shape index (κ3) is 3.91. The van der Waals surface area contributed by atoms with Crippen molar-refractivity contribution in [2.45, 2.75) is 12.8 Å². The van der Waals surface area contributed by atoms with E-state index in [4.69, 9.17) is 0 Å². The second kappa shape index (κ2) is 7.73. The Hall–Kier alpha value is -2.97. The molecule has 9 nitrogen and oxygen atoms in total. The van der Waals surface area contributed by atoms with Gasteiger partial charge in [0, 0.05) is 57.7 Å². The van der Waals surface area contributed by atoms with E-state index in [0.29, 0.717) is 19.6 Å². The van der Waals surface area contributed by atoms with Gasteiger partial charge in [-0.1, -0.05) is 0 Å². The lowest BCUT2D eigenvalue weighted by Crippen LogP contribution is -2.53. The van der Waals surface area contributed by atoms with Gasteiger partial charge in [-0.15, -0.1) is 0 Å². The lowest BCUT2D eigenvalue weighted by Gasteiger charge is -2.39. The number of H-pyrrole nitrogens is 1. The van der Waals surface area contributed by atoms with Crippen LogP contribution < -0.4 is 15.4 Å². The molecule has 2 saturated heterocycles. The minimum atomic E-state index is -0.222. The molecule has 4 heterocycles. The van der Waals surface area contributed by atoms with E-state index >= 15 is 0 Å². The largest absolute Gasteiger partial charge is 0.369 e. The van der Waals surface area contributed by atoms with E-state index in [1.165, 1.54) is 0 Å². The lowest BCUT2D eigenvalue weighted by atomic mass is 9.96. The predicted molar refractivity (Wildman–Crippen MR) is 101 cm³/mol. The molecule has 0 aromatic carbocycles. The molecular weight excluding hydrogens is 346 g/mol. The summed E-state index contributed by atoms with van der Waals surface area (Å²) in [6, 6.07) is 3.34. The van der Waals surface area contributed by atoms with Gasteiger partial charge in [0.05, 0.1) is 17.8 Å². The van der Waals surface area contributed by atoms with E-state index in [-0.39, 0.29) is 17.4 Å². The molecule has 9 heteroatoms. The van der Waals surface area contributed by atoms with Gasteiger partial charge >= 0.3 is 0 Å². The number of carbonyl (C=O) groups excluding carboxylic acids is 1. The summed E-state index contributed by atoms with van der Waals surface area (Å²) in [5.74, 6) is 0.874. The molecule has 1 unspecified atom stereocenters. The first-order chi connectivity index (χ1) is 13.2. The smallest absolute Gasteiger partial charge is 0.266 e. The zero-order valence-electron chi connectivity index (χ0n) is 15.1. The van der Waals surface area contributed by atoms with Gasteiger partial charge in [-0.05, 0) is 18.9 Å². The van der Waals surface area contributed by atoms with Gasteiger partial charge < -0.3 is 14.7 Å². The minimum absolute atomic E-state index is 0.0439. The van der Waals surface area contributed by atoms with Crippen LogP contribution in [0.1, 0.15) is 12.8 Å². The number of anilines is 2. The summed E-state index contributed by atoms with van der Waals surface area (Å²) in [6.07, 6.45) is 6.93. The number of carbonyl (C=O) groups is 1. The van der Waals surface area contributed by atoms with Crippen LogP contribution in [-0.4, -0.2) is 70.2 Å². The maximum atomic E-state index is 13.0. The van der Waals surface area contributed by atoms with Gasteiger partial charge in [0.15, 0.2) is 0 Å². The first-order valence-electron chi connectivity index (χ1n) is 9.31. The first-order valence-corrected chi connectivity index (χ1v) is 9.31. The summed E-state index contributed by atoms with van der Waals surface area (Å²) in [6.45, 7) is 4.31. The molecule has 1 atom stereocenters. The maximum absolute atomic E-state index is 13.0. The molecule has 0 aliphatic carbocycles. The van der Waals surface area contributed by atoms with E-state index in [1.54, 1.807) is 30.7 Å². The molecule has 2 aliphatic heterocycles. The van der Waals surface area contributed by atoms with Crippen molar-refractivity contribution in [3.05, 3.63) is 41.1 Å². The Morgan fingerprint density at radius 3 is 2.59 bits per heavy atom. The third-order valence-electron chi connectivity index (χ3n) is 5.21. The van der Waals surface area contributed by atoms with Gasteiger partial charge in [0.1, 0.15) is 0 Å². The Balaban J connectivity index is 1.36.